The molecule has 0 fully saturated rings. The Balaban J connectivity index is 1.33. The van der Waals surface area contributed by atoms with Gasteiger partial charge in [-0.05, 0) is 42.7 Å². The summed E-state index contributed by atoms with van der Waals surface area (Å²) in [7, 11) is 0. The van der Waals surface area contributed by atoms with Crippen LogP contribution in [0.1, 0.15) is 50.9 Å². The summed E-state index contributed by atoms with van der Waals surface area (Å²) in [4.78, 5) is 41.5. The summed E-state index contributed by atoms with van der Waals surface area (Å²) in [6, 6.07) is 8.48. The zero-order chi connectivity index (χ0) is 23.8. The number of aryl methyl sites for hydroxylation is 1. The van der Waals surface area contributed by atoms with Crippen molar-refractivity contribution in [3.8, 4) is 11.8 Å². The number of rotatable bonds is 4. The number of nitrogens with one attached hydrogen (secondary N) is 1. The van der Waals surface area contributed by atoms with Crippen molar-refractivity contribution >= 4 is 28.3 Å². The average Bonchev–Trinajstić information content (AvgIpc) is 3.67. The second kappa shape index (κ2) is 8.81. The molecule has 0 bridgehead atoms. The molecule has 1 unspecified atom stereocenters. The molecule has 1 atom stereocenters. The van der Waals surface area contributed by atoms with Crippen molar-refractivity contribution in [2.75, 3.05) is 5.32 Å². The molecule has 4 aromatic rings. The molecule has 0 saturated carbocycles. The fourth-order valence-corrected chi connectivity index (χ4v) is 5.13. The molecular formula is C26H20N6O2S. The molecule has 1 aromatic carbocycles. The van der Waals surface area contributed by atoms with Gasteiger partial charge in [0.25, 0.3) is 11.8 Å². The number of anilines is 1. The molecule has 35 heavy (non-hydrogen) atoms. The van der Waals surface area contributed by atoms with Gasteiger partial charge in [0.2, 0.25) is 0 Å². The molecule has 6 rings (SSSR count). The Kier molecular flexibility index (Phi) is 5.35. The first-order chi connectivity index (χ1) is 17.2. The van der Waals surface area contributed by atoms with Crippen molar-refractivity contribution in [3.63, 3.8) is 0 Å². The van der Waals surface area contributed by atoms with Crippen LogP contribution in [0.3, 0.4) is 0 Å². The number of nitrogens with zero attached hydrogens (tertiary/aromatic N) is 5. The molecule has 0 aliphatic carbocycles. The van der Waals surface area contributed by atoms with Crippen molar-refractivity contribution in [2.24, 2.45) is 0 Å². The van der Waals surface area contributed by atoms with Crippen LogP contribution in [0.15, 0.2) is 60.6 Å². The van der Waals surface area contributed by atoms with Crippen LogP contribution in [0.2, 0.25) is 0 Å². The number of carbonyl (C=O) groups is 2. The minimum Gasteiger partial charge on any atom is -0.334 e. The first kappa shape index (κ1) is 21.3. The van der Waals surface area contributed by atoms with E-state index in [1.165, 1.54) is 11.3 Å². The van der Waals surface area contributed by atoms with E-state index in [1.807, 2.05) is 24.3 Å². The molecule has 2 amide bonds. The molecule has 0 spiro atoms. The molecule has 2 aliphatic rings. The van der Waals surface area contributed by atoms with Gasteiger partial charge in [0.1, 0.15) is 0 Å². The van der Waals surface area contributed by atoms with Crippen LogP contribution in [0.5, 0.6) is 0 Å². The van der Waals surface area contributed by atoms with E-state index in [9.17, 15) is 9.59 Å². The summed E-state index contributed by atoms with van der Waals surface area (Å²) >= 11 is 1.34. The van der Waals surface area contributed by atoms with Gasteiger partial charge in [-0.3, -0.25) is 19.9 Å². The van der Waals surface area contributed by atoms with Gasteiger partial charge < -0.3 is 9.47 Å². The highest BCUT2D eigenvalue weighted by Crippen LogP contribution is 2.35. The minimum atomic E-state index is -0.849. The lowest BCUT2D eigenvalue weighted by molar-refractivity contribution is -0.121. The van der Waals surface area contributed by atoms with Crippen molar-refractivity contribution in [1.82, 2.24) is 24.4 Å². The van der Waals surface area contributed by atoms with E-state index in [-0.39, 0.29) is 11.8 Å². The molecule has 172 valence electrons. The Labute approximate surface area is 205 Å². The van der Waals surface area contributed by atoms with Crippen LogP contribution in [-0.2, 0) is 24.3 Å². The normalized spacial score (nSPS) is 14.7. The lowest BCUT2D eigenvalue weighted by Crippen LogP contribution is -2.38. The van der Waals surface area contributed by atoms with E-state index >= 15 is 0 Å². The second-order valence-corrected chi connectivity index (χ2v) is 9.29. The van der Waals surface area contributed by atoms with Gasteiger partial charge in [0.15, 0.2) is 11.2 Å². The van der Waals surface area contributed by atoms with Gasteiger partial charge in [-0.15, -0.1) is 11.3 Å². The Hall–Kier alpha value is -4.29. The third kappa shape index (κ3) is 3.98. The fourth-order valence-electron chi connectivity index (χ4n) is 4.60. The smallest absolute Gasteiger partial charge is 0.255 e. The Bertz CT molecular complexity index is 1480. The highest BCUT2D eigenvalue weighted by molar-refractivity contribution is 7.13. The summed E-state index contributed by atoms with van der Waals surface area (Å²) in [5, 5.41) is 5.16. The molecule has 8 nitrogen and oxygen atoms in total. The lowest BCUT2D eigenvalue weighted by Gasteiger charge is -2.26. The number of hydrogen-bond acceptors (Lipinski definition) is 6. The maximum Gasteiger partial charge on any atom is 0.255 e. The predicted octanol–water partition coefficient (Wildman–Crippen LogP) is 3.42. The number of carbonyl (C=O) groups excluding carboxylic acids is 2. The van der Waals surface area contributed by atoms with Gasteiger partial charge in [-0.2, -0.15) is 0 Å². The molecule has 1 N–H and O–H groups in total. The monoisotopic (exact) mass is 480 g/mol. The molecule has 9 heteroatoms. The topological polar surface area (TPSA) is 93.0 Å². The highest BCUT2D eigenvalue weighted by atomic mass is 32.1. The van der Waals surface area contributed by atoms with Crippen LogP contribution in [0, 0.1) is 11.8 Å². The van der Waals surface area contributed by atoms with E-state index in [0.717, 1.165) is 41.8 Å². The van der Waals surface area contributed by atoms with Crippen molar-refractivity contribution in [1.29, 1.82) is 0 Å². The van der Waals surface area contributed by atoms with E-state index in [2.05, 4.69) is 36.7 Å². The van der Waals surface area contributed by atoms with Gasteiger partial charge >= 0.3 is 0 Å². The largest absolute Gasteiger partial charge is 0.334 e. The Morgan fingerprint density at radius 1 is 1.14 bits per heavy atom. The van der Waals surface area contributed by atoms with Crippen LogP contribution < -0.4 is 5.32 Å². The van der Waals surface area contributed by atoms with Gasteiger partial charge in [-0.1, -0.05) is 17.9 Å². The van der Waals surface area contributed by atoms with Crippen LogP contribution in [0.4, 0.5) is 5.13 Å². The zero-order valence-electron chi connectivity index (χ0n) is 18.6. The lowest BCUT2D eigenvalue weighted by atomic mass is 10.1. The molecule has 3 aromatic heterocycles. The summed E-state index contributed by atoms with van der Waals surface area (Å²) in [6.45, 7) is 1.20. The first-order valence-corrected chi connectivity index (χ1v) is 12.2. The summed E-state index contributed by atoms with van der Waals surface area (Å²) in [6.07, 6.45) is 8.63. The Morgan fingerprint density at radius 2 is 2.06 bits per heavy atom. The van der Waals surface area contributed by atoms with Crippen molar-refractivity contribution < 1.29 is 9.59 Å². The minimum absolute atomic E-state index is 0.205. The molecule has 2 aliphatic heterocycles. The fraction of sp³-hybridized carbons (Fsp3) is 0.192. The molecule has 5 heterocycles. The van der Waals surface area contributed by atoms with E-state index in [0.29, 0.717) is 22.9 Å². The Morgan fingerprint density at radius 3 is 2.89 bits per heavy atom. The van der Waals surface area contributed by atoms with Crippen LogP contribution >= 0.6 is 11.3 Å². The molecule has 0 saturated heterocycles. The number of amides is 2. The van der Waals surface area contributed by atoms with E-state index in [4.69, 9.17) is 0 Å². The van der Waals surface area contributed by atoms with Crippen molar-refractivity contribution in [3.05, 3.63) is 94.3 Å². The number of fused-ring (bicyclic) bond motifs is 2. The number of pyridine rings is 1. The van der Waals surface area contributed by atoms with Gasteiger partial charge in [0.05, 0.1) is 12.0 Å². The van der Waals surface area contributed by atoms with Crippen molar-refractivity contribution in [2.45, 2.75) is 32.0 Å². The van der Waals surface area contributed by atoms with E-state index < -0.39 is 6.04 Å². The van der Waals surface area contributed by atoms with Crippen LogP contribution in [-0.4, -0.2) is 36.2 Å². The third-order valence-electron chi connectivity index (χ3n) is 6.23. The summed E-state index contributed by atoms with van der Waals surface area (Å²) in [5.41, 5.74) is 4.60. The highest BCUT2D eigenvalue weighted by Gasteiger charge is 2.40. The van der Waals surface area contributed by atoms with Crippen LogP contribution in [0.25, 0.3) is 0 Å². The van der Waals surface area contributed by atoms with Gasteiger partial charge in [0, 0.05) is 59.4 Å². The second-order valence-electron chi connectivity index (χ2n) is 8.40. The maximum absolute atomic E-state index is 13.6. The molecular weight excluding hydrogens is 460 g/mol. The summed E-state index contributed by atoms with van der Waals surface area (Å²) < 4.78 is 2.07. The maximum atomic E-state index is 13.6. The number of aromatic nitrogens is 4. The first-order valence-electron chi connectivity index (χ1n) is 11.3. The van der Waals surface area contributed by atoms with Gasteiger partial charge in [-0.25, -0.2) is 9.97 Å². The molecule has 0 radical (unpaired) electrons. The predicted molar refractivity (Wildman–Crippen MR) is 131 cm³/mol. The number of hydrogen-bond donors (Lipinski definition) is 1. The number of benzene rings is 1. The number of thiazole rings is 1. The third-order valence-corrected chi connectivity index (χ3v) is 6.92. The average molecular weight is 481 g/mol. The quantitative estimate of drug-likeness (QED) is 0.452. The zero-order valence-corrected chi connectivity index (χ0v) is 19.5. The standard InChI is InChI=1S/C26H20N6O2S/c33-24(30-26-28-10-12-35-26)23(22-21-4-2-11-31(21)16-29-22)32-15-19-8-7-17(13-20(19)25(32)34)5-6-18-3-1-9-27-14-18/h1,3,7-10,12-14,16,23H,2,4,11,15H2,(H,28,30,33). The summed E-state index contributed by atoms with van der Waals surface area (Å²) in [5.74, 6) is 5.66. The number of imidazole rings is 1. The van der Waals surface area contributed by atoms with E-state index in [1.54, 1.807) is 41.3 Å². The SMILES string of the molecule is O=C(Nc1nccs1)C(c1ncn2c1CCC2)N1Cc2ccc(C#Cc3cccnc3)cc2C1=O.